The largest absolute Gasteiger partial charge is 0.510 e. The fraction of sp³-hybridized carbons (Fsp3) is 0.290. The topological polar surface area (TPSA) is 220 Å². The molecule has 0 saturated heterocycles. The lowest BCUT2D eigenvalue weighted by Gasteiger charge is -2.21. The van der Waals surface area contributed by atoms with Crippen LogP contribution in [0.4, 0.5) is 4.79 Å². The van der Waals surface area contributed by atoms with Crippen LogP contribution in [-0.4, -0.2) is 68.9 Å². The Morgan fingerprint density at radius 2 is 1.77 bits per heavy atom. The number of nitrogens with zero attached hydrogens (tertiary/aromatic N) is 5. The standard InChI is InChI=1S/C31H35N7O9/c1-3-44-30-34-26-12-8-11-25(29(39)40)27(26)36(30)19-21-13-15-22(16-14-21)23-9-4-5-10-24(23)28(32)35-37(33)20(2)47-31(41)45-17-6-7-18-46-38(42)43/h4-5,8-16,20H,3,6-7,17-19,33H2,1-2H3,(H2,32,35)(H,39,40). The molecule has 16 nitrogen and oxygen atoms in total. The highest BCUT2D eigenvalue weighted by Gasteiger charge is 2.20. The first-order valence-electron chi connectivity index (χ1n) is 14.6. The molecule has 0 fully saturated rings. The molecule has 0 aliphatic carbocycles. The maximum Gasteiger partial charge on any atom is 0.510 e. The molecule has 0 amide bonds. The number of aromatic carboxylic acids is 1. The van der Waals surface area contributed by atoms with E-state index in [0.717, 1.165) is 21.8 Å². The van der Waals surface area contributed by atoms with Gasteiger partial charge in [0.05, 0.1) is 43.0 Å². The van der Waals surface area contributed by atoms with E-state index in [9.17, 15) is 24.8 Å². The lowest BCUT2D eigenvalue weighted by Crippen LogP contribution is -2.40. The number of nitrogens with two attached hydrogens (primary N) is 2. The molecule has 3 aromatic carbocycles. The van der Waals surface area contributed by atoms with E-state index in [1.54, 1.807) is 28.8 Å². The van der Waals surface area contributed by atoms with Gasteiger partial charge in [-0.15, -0.1) is 15.2 Å². The lowest BCUT2D eigenvalue weighted by atomic mass is 9.98. The average molecular weight is 650 g/mol. The molecule has 5 N–H and O–H groups in total. The molecule has 0 bridgehead atoms. The van der Waals surface area contributed by atoms with E-state index in [2.05, 4.69) is 14.9 Å². The van der Waals surface area contributed by atoms with Gasteiger partial charge in [0.15, 0.2) is 5.84 Å². The summed E-state index contributed by atoms with van der Waals surface area (Å²) in [6.45, 7) is 3.87. The van der Waals surface area contributed by atoms with Gasteiger partial charge in [-0.05, 0) is 55.5 Å². The van der Waals surface area contributed by atoms with Gasteiger partial charge in [-0.1, -0.05) is 54.6 Å². The van der Waals surface area contributed by atoms with Crippen LogP contribution >= 0.6 is 0 Å². The highest BCUT2D eigenvalue weighted by molar-refractivity contribution is 6.03. The minimum absolute atomic E-state index is 0.0231. The number of carboxylic acid groups (broad SMARTS) is 1. The van der Waals surface area contributed by atoms with Crippen LogP contribution in [0.15, 0.2) is 71.8 Å². The van der Waals surface area contributed by atoms with Crippen molar-refractivity contribution in [2.75, 3.05) is 19.8 Å². The molecule has 248 valence electrons. The van der Waals surface area contributed by atoms with Gasteiger partial charge in [0.1, 0.15) is 0 Å². The van der Waals surface area contributed by atoms with E-state index >= 15 is 0 Å². The second-order valence-electron chi connectivity index (χ2n) is 10.1. The van der Waals surface area contributed by atoms with E-state index in [1.807, 2.05) is 43.3 Å². The molecule has 0 spiro atoms. The number of carbonyl (C=O) groups excluding carboxylic acids is 1. The van der Waals surface area contributed by atoms with Crippen LogP contribution in [0, 0.1) is 10.1 Å². The maximum absolute atomic E-state index is 12.0. The van der Waals surface area contributed by atoms with Crippen molar-refractivity contribution >= 4 is 29.0 Å². The van der Waals surface area contributed by atoms with Gasteiger partial charge < -0.3 is 29.9 Å². The zero-order chi connectivity index (χ0) is 33.9. The Kier molecular flexibility index (Phi) is 11.5. The molecule has 1 unspecified atom stereocenters. The van der Waals surface area contributed by atoms with Crippen molar-refractivity contribution in [2.24, 2.45) is 16.7 Å². The van der Waals surface area contributed by atoms with E-state index < -0.39 is 23.4 Å². The number of amidine groups is 1. The number of rotatable bonds is 16. The number of carbonyl (C=O) groups is 2. The molecule has 4 aromatic rings. The first-order chi connectivity index (χ1) is 22.6. The smallest absolute Gasteiger partial charge is 0.478 e. The molecular weight excluding hydrogens is 614 g/mol. The number of hydrazone groups is 1. The maximum atomic E-state index is 12.0. The summed E-state index contributed by atoms with van der Waals surface area (Å²) in [4.78, 5) is 42.8. The van der Waals surface area contributed by atoms with E-state index in [0.29, 0.717) is 48.6 Å². The number of hydrazine groups is 1. The summed E-state index contributed by atoms with van der Waals surface area (Å²) in [6.07, 6.45) is -1.37. The highest BCUT2D eigenvalue weighted by Crippen LogP contribution is 2.28. The van der Waals surface area contributed by atoms with E-state index in [4.69, 9.17) is 25.8 Å². The Balaban J connectivity index is 1.45. The Hall–Kier alpha value is -5.90. The van der Waals surface area contributed by atoms with Crippen molar-refractivity contribution in [3.8, 4) is 17.1 Å². The number of carboxylic acids is 1. The Morgan fingerprint density at radius 3 is 2.47 bits per heavy atom. The molecule has 1 atom stereocenters. The van der Waals surface area contributed by atoms with Gasteiger partial charge in [0, 0.05) is 5.56 Å². The number of aromatic nitrogens is 2. The van der Waals surface area contributed by atoms with Gasteiger partial charge in [-0.25, -0.2) is 15.4 Å². The number of imidazole rings is 1. The minimum atomic E-state index is -1.06. The van der Waals surface area contributed by atoms with Crippen molar-refractivity contribution in [2.45, 2.75) is 39.5 Å². The van der Waals surface area contributed by atoms with Gasteiger partial charge in [0.2, 0.25) is 6.23 Å². The predicted molar refractivity (Wildman–Crippen MR) is 170 cm³/mol. The molecule has 4 rings (SSSR count). The second-order valence-corrected chi connectivity index (χ2v) is 10.1. The number of ether oxygens (including phenoxy) is 3. The number of para-hydroxylation sites is 1. The number of hydrogen-bond donors (Lipinski definition) is 3. The Bertz CT molecular complexity index is 1740. The molecule has 1 heterocycles. The number of fused-ring (bicyclic) bond motifs is 1. The summed E-state index contributed by atoms with van der Waals surface area (Å²) in [6, 6.07) is 20.2. The molecule has 0 radical (unpaired) electrons. The van der Waals surface area contributed by atoms with Gasteiger partial charge >= 0.3 is 12.1 Å². The summed E-state index contributed by atoms with van der Waals surface area (Å²) < 4.78 is 17.6. The third-order valence-corrected chi connectivity index (χ3v) is 6.86. The SMILES string of the molecule is CCOc1nc2cccc(C(=O)O)c2n1Cc1ccc(-c2ccccc2/C(N)=N/N(N)C(C)OC(=O)OCCCCO[N+](=O)[O-])cc1. The molecule has 16 heteroatoms. The third-order valence-electron chi connectivity index (χ3n) is 6.86. The van der Waals surface area contributed by atoms with Crippen LogP contribution in [0.1, 0.15) is 48.2 Å². The fourth-order valence-corrected chi connectivity index (χ4v) is 4.64. The summed E-state index contributed by atoms with van der Waals surface area (Å²) in [7, 11) is 0. The first-order valence-corrected chi connectivity index (χ1v) is 14.6. The Morgan fingerprint density at radius 1 is 1.06 bits per heavy atom. The van der Waals surface area contributed by atoms with Crippen molar-refractivity contribution in [3.05, 3.63) is 93.5 Å². The van der Waals surface area contributed by atoms with Crippen LogP contribution in [0.3, 0.4) is 0 Å². The van der Waals surface area contributed by atoms with Crippen molar-refractivity contribution in [1.82, 2.24) is 14.7 Å². The van der Waals surface area contributed by atoms with E-state index in [-0.39, 0.29) is 24.6 Å². The summed E-state index contributed by atoms with van der Waals surface area (Å²) in [5.74, 6) is 5.01. The fourth-order valence-electron chi connectivity index (χ4n) is 4.64. The molecule has 0 saturated carbocycles. The van der Waals surface area contributed by atoms with E-state index in [1.165, 1.54) is 13.0 Å². The normalized spacial score (nSPS) is 11.9. The Labute approximate surface area is 269 Å². The molecule has 1 aromatic heterocycles. The van der Waals surface area contributed by atoms with Gasteiger partial charge in [-0.3, -0.25) is 4.57 Å². The number of benzene rings is 3. The van der Waals surface area contributed by atoms with Crippen molar-refractivity contribution < 1.29 is 38.8 Å². The van der Waals surface area contributed by atoms with Gasteiger partial charge in [-0.2, -0.15) is 10.1 Å². The zero-order valence-corrected chi connectivity index (χ0v) is 25.8. The lowest BCUT2D eigenvalue weighted by molar-refractivity contribution is -0.757. The number of hydrogen-bond acceptors (Lipinski definition) is 12. The molecule has 0 aliphatic rings. The first kappa shape index (κ1) is 34.0. The monoisotopic (exact) mass is 649 g/mol. The van der Waals surface area contributed by atoms with Crippen LogP contribution in [-0.2, 0) is 20.9 Å². The van der Waals surface area contributed by atoms with Crippen LogP contribution in [0.5, 0.6) is 6.01 Å². The zero-order valence-electron chi connectivity index (χ0n) is 25.8. The predicted octanol–water partition coefficient (Wildman–Crippen LogP) is 4.13. The average Bonchev–Trinajstić information content (AvgIpc) is 3.39. The molecule has 0 aliphatic heterocycles. The summed E-state index contributed by atoms with van der Waals surface area (Å²) in [5.41, 5.74) is 10.5. The minimum Gasteiger partial charge on any atom is -0.478 e. The quantitative estimate of drug-likeness (QED) is 0.0227. The van der Waals surface area contributed by atoms with Crippen LogP contribution in [0.2, 0.25) is 0 Å². The van der Waals surface area contributed by atoms with Gasteiger partial charge in [0.25, 0.3) is 11.1 Å². The van der Waals surface area contributed by atoms with Crippen LogP contribution in [0.25, 0.3) is 22.2 Å². The summed E-state index contributed by atoms with van der Waals surface area (Å²) in [5, 5.41) is 24.1. The highest BCUT2D eigenvalue weighted by atomic mass is 16.9. The number of unbranched alkanes of at least 4 members (excludes halogenated alkanes) is 1. The molecular formula is C31H35N7O9. The molecule has 47 heavy (non-hydrogen) atoms. The third kappa shape index (κ3) is 8.85. The second kappa shape index (κ2) is 15.9. The summed E-state index contributed by atoms with van der Waals surface area (Å²) >= 11 is 0. The van der Waals surface area contributed by atoms with Crippen molar-refractivity contribution in [3.63, 3.8) is 0 Å². The van der Waals surface area contributed by atoms with Crippen molar-refractivity contribution in [1.29, 1.82) is 0 Å². The van der Waals surface area contributed by atoms with Crippen LogP contribution < -0.4 is 16.3 Å².